The first-order chi connectivity index (χ1) is 6.95. The lowest BCUT2D eigenvalue weighted by atomic mass is 10.3. The number of para-hydroxylation sites is 1. The van der Waals surface area contributed by atoms with Crippen molar-refractivity contribution in [3.63, 3.8) is 0 Å². The fourth-order valence-corrected chi connectivity index (χ4v) is 1.26. The first-order valence-corrected chi connectivity index (χ1v) is 3.99. The van der Waals surface area contributed by atoms with Gasteiger partial charge in [0, 0.05) is 0 Å². The Morgan fingerprint density at radius 3 is 2.93 bits per heavy atom. The number of hydrogen-bond donors (Lipinski definition) is 1. The second-order valence-electron chi connectivity index (χ2n) is 2.70. The van der Waals surface area contributed by atoms with Crippen LogP contribution in [0.2, 0.25) is 0 Å². The molecule has 0 unspecified atom stereocenters. The molecule has 0 amide bonds. The Hall–Kier alpha value is -2.31. The van der Waals surface area contributed by atoms with E-state index in [4.69, 9.17) is 0 Å². The normalized spacial score (nSPS) is 10.9. The summed E-state index contributed by atoms with van der Waals surface area (Å²) in [6.07, 6.45) is 0. The van der Waals surface area contributed by atoms with E-state index in [9.17, 15) is 0 Å². The summed E-state index contributed by atoms with van der Waals surface area (Å²) >= 11 is 0. The Morgan fingerprint density at radius 2 is 2.07 bits per heavy atom. The van der Waals surface area contributed by atoms with E-state index in [0.29, 0.717) is 5.95 Å². The summed E-state index contributed by atoms with van der Waals surface area (Å²) in [4.78, 5) is 0. The topological polar surface area (TPSA) is 85.2 Å². The molecule has 0 aliphatic heterocycles. The lowest BCUT2D eigenvalue weighted by Crippen LogP contribution is -1.98. The van der Waals surface area contributed by atoms with Crippen molar-refractivity contribution in [2.75, 3.05) is 0 Å². The molecule has 0 radical (unpaired) electrons. The third-order valence-electron chi connectivity index (χ3n) is 1.88. The van der Waals surface area contributed by atoms with Crippen LogP contribution in [0, 0.1) is 0 Å². The number of tetrazole rings is 1. The van der Waals surface area contributed by atoms with Gasteiger partial charge in [0.05, 0.1) is 5.52 Å². The van der Waals surface area contributed by atoms with Gasteiger partial charge in [-0.25, -0.2) is 0 Å². The number of aromatic nitrogens is 7. The maximum absolute atomic E-state index is 3.97. The lowest BCUT2D eigenvalue weighted by molar-refractivity contribution is 0.776. The average molecular weight is 187 g/mol. The minimum Gasteiger partial charge on any atom is -0.175 e. The average Bonchev–Trinajstić information content (AvgIpc) is 2.85. The van der Waals surface area contributed by atoms with Gasteiger partial charge in [-0.05, 0) is 17.3 Å². The van der Waals surface area contributed by atoms with Gasteiger partial charge in [-0.15, -0.1) is 10.2 Å². The summed E-state index contributed by atoms with van der Waals surface area (Å²) in [7, 11) is 0. The van der Waals surface area contributed by atoms with Gasteiger partial charge >= 0.3 is 0 Å². The zero-order valence-corrected chi connectivity index (χ0v) is 6.99. The number of H-pyrrole nitrogens is 1. The first kappa shape index (κ1) is 7.13. The number of benzene rings is 1. The number of hydrogen-bond acceptors (Lipinski definition) is 5. The van der Waals surface area contributed by atoms with Crippen molar-refractivity contribution in [2.45, 2.75) is 0 Å². The predicted molar refractivity (Wildman–Crippen MR) is 46.6 cm³/mol. The molecule has 2 heterocycles. The molecule has 7 nitrogen and oxygen atoms in total. The van der Waals surface area contributed by atoms with Crippen LogP contribution >= 0.6 is 0 Å². The van der Waals surface area contributed by atoms with E-state index in [2.05, 4.69) is 30.9 Å². The Kier molecular flexibility index (Phi) is 1.32. The van der Waals surface area contributed by atoms with E-state index in [1.165, 1.54) is 4.68 Å². The van der Waals surface area contributed by atoms with Crippen molar-refractivity contribution in [1.29, 1.82) is 0 Å². The third-order valence-corrected chi connectivity index (χ3v) is 1.88. The van der Waals surface area contributed by atoms with Crippen molar-refractivity contribution in [2.24, 2.45) is 0 Å². The van der Waals surface area contributed by atoms with Crippen LogP contribution < -0.4 is 0 Å². The van der Waals surface area contributed by atoms with Gasteiger partial charge in [0.1, 0.15) is 5.52 Å². The summed E-state index contributed by atoms with van der Waals surface area (Å²) < 4.78 is 1.53. The Balaban J connectivity index is 2.33. The number of rotatable bonds is 1. The maximum atomic E-state index is 3.97. The van der Waals surface area contributed by atoms with Crippen LogP contribution in [0.5, 0.6) is 0 Å². The molecule has 68 valence electrons. The maximum Gasteiger partial charge on any atom is 0.292 e. The molecule has 3 aromatic rings. The van der Waals surface area contributed by atoms with Crippen LogP contribution in [0.15, 0.2) is 24.3 Å². The molecule has 0 atom stereocenters. The Bertz CT molecular complexity index is 552. The van der Waals surface area contributed by atoms with E-state index < -0.39 is 0 Å². The molecule has 0 spiro atoms. The fraction of sp³-hybridized carbons (Fsp3) is 0. The minimum atomic E-state index is 0.388. The molecule has 2 aromatic heterocycles. The summed E-state index contributed by atoms with van der Waals surface area (Å²) in [5.74, 6) is 0.388. The number of nitrogens with zero attached hydrogens (tertiary/aromatic N) is 6. The zero-order valence-electron chi connectivity index (χ0n) is 6.99. The molecule has 0 aliphatic rings. The lowest BCUT2D eigenvalue weighted by Gasteiger charge is -1.91. The molecular weight excluding hydrogens is 182 g/mol. The summed E-state index contributed by atoms with van der Waals surface area (Å²) in [5, 5.41) is 21.4. The van der Waals surface area contributed by atoms with E-state index in [1.807, 2.05) is 24.3 Å². The largest absolute Gasteiger partial charge is 0.292 e. The van der Waals surface area contributed by atoms with E-state index in [-0.39, 0.29) is 0 Å². The van der Waals surface area contributed by atoms with Gasteiger partial charge in [0.15, 0.2) is 0 Å². The van der Waals surface area contributed by atoms with Crippen LogP contribution in [0.3, 0.4) is 0 Å². The standard InChI is InChI=1S/C7H5N7/c1-2-4-6-5(3-1)8-13-14(6)7-9-11-12-10-7/h1-4H,(H,9,10,11,12). The molecule has 0 saturated heterocycles. The van der Waals surface area contributed by atoms with Crippen molar-refractivity contribution >= 4 is 11.0 Å². The van der Waals surface area contributed by atoms with Crippen LogP contribution in [0.1, 0.15) is 0 Å². The smallest absolute Gasteiger partial charge is 0.175 e. The van der Waals surface area contributed by atoms with Gasteiger partial charge in [-0.1, -0.05) is 22.4 Å². The van der Waals surface area contributed by atoms with Crippen molar-refractivity contribution in [3.8, 4) is 5.95 Å². The van der Waals surface area contributed by atoms with Crippen molar-refractivity contribution < 1.29 is 0 Å². The predicted octanol–water partition coefficient (Wildman–Crippen LogP) is -0.0664. The van der Waals surface area contributed by atoms with E-state index in [0.717, 1.165) is 11.0 Å². The quantitative estimate of drug-likeness (QED) is 0.576. The molecule has 1 aromatic carbocycles. The number of nitrogens with one attached hydrogen (secondary N) is 1. The molecule has 14 heavy (non-hydrogen) atoms. The second-order valence-corrected chi connectivity index (χ2v) is 2.70. The van der Waals surface area contributed by atoms with Gasteiger partial charge in [0.2, 0.25) is 0 Å². The van der Waals surface area contributed by atoms with Gasteiger partial charge in [-0.2, -0.15) is 9.90 Å². The van der Waals surface area contributed by atoms with Gasteiger partial charge in [0.25, 0.3) is 5.95 Å². The Labute approximate surface area is 77.7 Å². The second kappa shape index (κ2) is 2.59. The van der Waals surface area contributed by atoms with E-state index in [1.54, 1.807) is 0 Å². The highest BCUT2D eigenvalue weighted by Crippen LogP contribution is 2.11. The van der Waals surface area contributed by atoms with Crippen LogP contribution in [-0.2, 0) is 0 Å². The molecule has 0 saturated carbocycles. The highest BCUT2D eigenvalue weighted by molar-refractivity contribution is 5.75. The molecule has 0 aliphatic carbocycles. The number of fused-ring (bicyclic) bond motifs is 1. The highest BCUT2D eigenvalue weighted by atomic mass is 15.6. The molecule has 3 rings (SSSR count). The van der Waals surface area contributed by atoms with E-state index >= 15 is 0 Å². The highest BCUT2D eigenvalue weighted by Gasteiger charge is 2.08. The summed E-state index contributed by atoms with van der Waals surface area (Å²) in [5.41, 5.74) is 1.66. The Morgan fingerprint density at radius 1 is 1.14 bits per heavy atom. The summed E-state index contributed by atoms with van der Waals surface area (Å²) in [6, 6.07) is 7.57. The number of aromatic amines is 1. The molecule has 0 bridgehead atoms. The van der Waals surface area contributed by atoms with Gasteiger partial charge in [-0.3, -0.25) is 0 Å². The minimum absolute atomic E-state index is 0.388. The SMILES string of the molecule is c1ccc2c(c1)nnn2-c1nn[nH]n1. The van der Waals surface area contributed by atoms with Crippen LogP contribution in [0.25, 0.3) is 17.0 Å². The van der Waals surface area contributed by atoms with Crippen molar-refractivity contribution in [1.82, 2.24) is 35.6 Å². The fourth-order valence-electron chi connectivity index (χ4n) is 1.26. The van der Waals surface area contributed by atoms with Crippen LogP contribution in [0.4, 0.5) is 0 Å². The molecular formula is C7H5N7. The third kappa shape index (κ3) is 0.889. The van der Waals surface area contributed by atoms with Crippen molar-refractivity contribution in [3.05, 3.63) is 24.3 Å². The monoisotopic (exact) mass is 187 g/mol. The summed E-state index contributed by atoms with van der Waals surface area (Å²) in [6.45, 7) is 0. The zero-order chi connectivity index (χ0) is 9.38. The molecule has 0 fully saturated rings. The molecule has 7 heteroatoms. The molecule has 1 N–H and O–H groups in total. The first-order valence-electron chi connectivity index (χ1n) is 3.99. The van der Waals surface area contributed by atoms with Crippen LogP contribution in [-0.4, -0.2) is 35.6 Å². The van der Waals surface area contributed by atoms with Gasteiger partial charge < -0.3 is 0 Å².